The molecule has 1 rings (SSSR count). The van der Waals surface area contributed by atoms with E-state index in [1.807, 2.05) is 30.3 Å². The van der Waals surface area contributed by atoms with Crippen LogP contribution in [0.15, 0.2) is 30.3 Å². The molecule has 0 aromatic heterocycles. The first-order valence-electron chi connectivity index (χ1n) is 6.86. The Morgan fingerprint density at radius 3 is 2.39 bits per heavy atom. The van der Waals surface area contributed by atoms with Crippen molar-refractivity contribution < 1.29 is 10.2 Å². The second-order valence-corrected chi connectivity index (χ2v) is 4.58. The van der Waals surface area contributed by atoms with Gasteiger partial charge in [0.2, 0.25) is 0 Å². The lowest BCUT2D eigenvalue weighted by Gasteiger charge is -2.32. The summed E-state index contributed by atoms with van der Waals surface area (Å²) in [6, 6.07) is 10.1. The van der Waals surface area contributed by atoms with Gasteiger partial charge in [0.15, 0.2) is 0 Å². The maximum atomic E-state index is 9.56. The van der Waals surface area contributed by atoms with Gasteiger partial charge in [-0.1, -0.05) is 44.4 Å². The van der Waals surface area contributed by atoms with E-state index in [-0.39, 0.29) is 19.3 Å². The molecule has 0 saturated carbocycles. The largest absolute Gasteiger partial charge is 0.395 e. The number of anilines is 1. The van der Waals surface area contributed by atoms with Crippen molar-refractivity contribution in [3.8, 4) is 0 Å². The first-order valence-corrected chi connectivity index (χ1v) is 6.86. The summed E-state index contributed by atoms with van der Waals surface area (Å²) in [5.74, 6) is 0. The highest BCUT2D eigenvalue weighted by molar-refractivity contribution is 5.47. The summed E-state index contributed by atoms with van der Waals surface area (Å²) in [6.07, 6.45) is 4.47. The van der Waals surface area contributed by atoms with Gasteiger partial charge in [-0.3, -0.25) is 0 Å². The maximum absolute atomic E-state index is 9.56. The standard InChI is InChI=1S/C15H25NO2/c1-2-3-5-10-15(13-18)16(11-12-17)14-8-6-4-7-9-14/h4,6-9,15,17-18H,2-3,5,10-13H2,1H3. The first-order chi connectivity index (χ1) is 8.83. The fourth-order valence-corrected chi connectivity index (χ4v) is 2.23. The van der Waals surface area contributed by atoms with Crippen molar-refractivity contribution >= 4 is 5.69 Å². The molecule has 18 heavy (non-hydrogen) atoms. The number of aliphatic hydroxyl groups is 2. The van der Waals surface area contributed by atoms with Gasteiger partial charge < -0.3 is 15.1 Å². The molecule has 1 aromatic rings. The van der Waals surface area contributed by atoms with Crippen LogP contribution in [0.5, 0.6) is 0 Å². The highest BCUT2D eigenvalue weighted by atomic mass is 16.3. The summed E-state index contributed by atoms with van der Waals surface area (Å²) in [7, 11) is 0. The van der Waals surface area contributed by atoms with Crippen LogP contribution in [0.3, 0.4) is 0 Å². The Labute approximate surface area is 110 Å². The zero-order valence-electron chi connectivity index (χ0n) is 11.3. The third-order valence-electron chi connectivity index (χ3n) is 3.22. The minimum absolute atomic E-state index is 0.103. The van der Waals surface area contributed by atoms with E-state index in [0.29, 0.717) is 6.54 Å². The molecule has 0 aliphatic carbocycles. The average Bonchev–Trinajstić information content (AvgIpc) is 2.43. The van der Waals surface area contributed by atoms with E-state index in [1.54, 1.807) is 0 Å². The highest BCUT2D eigenvalue weighted by Crippen LogP contribution is 2.19. The maximum Gasteiger partial charge on any atom is 0.0635 e. The van der Waals surface area contributed by atoms with Crippen molar-refractivity contribution in [1.29, 1.82) is 0 Å². The molecular formula is C15H25NO2. The van der Waals surface area contributed by atoms with Crippen LogP contribution in [0, 0.1) is 0 Å². The van der Waals surface area contributed by atoms with E-state index in [9.17, 15) is 10.2 Å². The zero-order chi connectivity index (χ0) is 13.2. The Balaban J connectivity index is 2.68. The normalized spacial score (nSPS) is 12.4. The minimum atomic E-state index is 0.103. The lowest BCUT2D eigenvalue weighted by molar-refractivity contribution is 0.238. The first kappa shape index (κ1) is 15.0. The molecule has 3 nitrogen and oxygen atoms in total. The Morgan fingerprint density at radius 1 is 1.11 bits per heavy atom. The molecule has 1 atom stereocenters. The topological polar surface area (TPSA) is 43.7 Å². The molecule has 0 amide bonds. The average molecular weight is 251 g/mol. The van der Waals surface area contributed by atoms with Gasteiger partial charge in [-0.15, -0.1) is 0 Å². The lowest BCUT2D eigenvalue weighted by atomic mass is 10.1. The van der Waals surface area contributed by atoms with Crippen LogP contribution in [-0.4, -0.2) is 36.0 Å². The molecule has 0 fully saturated rings. The number of aliphatic hydroxyl groups excluding tert-OH is 2. The number of benzene rings is 1. The predicted octanol–water partition coefficient (Wildman–Crippen LogP) is 2.43. The molecular weight excluding hydrogens is 226 g/mol. The molecule has 2 N–H and O–H groups in total. The predicted molar refractivity (Wildman–Crippen MR) is 75.9 cm³/mol. The molecule has 0 heterocycles. The van der Waals surface area contributed by atoms with Crippen molar-refractivity contribution in [3.63, 3.8) is 0 Å². The second kappa shape index (κ2) is 8.95. The van der Waals surface area contributed by atoms with Gasteiger partial charge in [0, 0.05) is 12.2 Å². The molecule has 0 spiro atoms. The number of hydrogen-bond acceptors (Lipinski definition) is 3. The van der Waals surface area contributed by atoms with Gasteiger partial charge in [0.05, 0.1) is 19.3 Å². The van der Waals surface area contributed by atoms with Gasteiger partial charge in [0.25, 0.3) is 0 Å². The Morgan fingerprint density at radius 2 is 1.83 bits per heavy atom. The molecule has 1 unspecified atom stereocenters. The van der Waals surface area contributed by atoms with Crippen molar-refractivity contribution in [2.24, 2.45) is 0 Å². The van der Waals surface area contributed by atoms with Crippen molar-refractivity contribution in [2.45, 2.75) is 38.6 Å². The Hall–Kier alpha value is -1.06. The van der Waals surface area contributed by atoms with Crippen LogP contribution in [0.4, 0.5) is 5.69 Å². The summed E-state index contributed by atoms with van der Waals surface area (Å²) in [4.78, 5) is 2.11. The van der Waals surface area contributed by atoms with Gasteiger partial charge in [-0.25, -0.2) is 0 Å². The van der Waals surface area contributed by atoms with E-state index >= 15 is 0 Å². The quantitative estimate of drug-likeness (QED) is 0.662. The summed E-state index contributed by atoms with van der Waals surface area (Å²) >= 11 is 0. The van der Waals surface area contributed by atoms with Crippen LogP contribution in [-0.2, 0) is 0 Å². The summed E-state index contributed by atoms with van der Waals surface area (Å²) in [5, 5.41) is 18.8. The van der Waals surface area contributed by atoms with Crippen molar-refractivity contribution in [1.82, 2.24) is 0 Å². The van der Waals surface area contributed by atoms with E-state index in [4.69, 9.17) is 0 Å². The summed E-state index contributed by atoms with van der Waals surface area (Å²) in [5.41, 5.74) is 1.07. The molecule has 0 radical (unpaired) electrons. The van der Waals surface area contributed by atoms with E-state index in [1.165, 1.54) is 12.8 Å². The SMILES string of the molecule is CCCCCC(CO)N(CCO)c1ccccc1. The summed E-state index contributed by atoms with van der Waals surface area (Å²) < 4.78 is 0. The van der Waals surface area contributed by atoms with Gasteiger partial charge in [-0.2, -0.15) is 0 Å². The van der Waals surface area contributed by atoms with Crippen molar-refractivity contribution in [3.05, 3.63) is 30.3 Å². The zero-order valence-corrected chi connectivity index (χ0v) is 11.3. The van der Waals surface area contributed by atoms with E-state index in [0.717, 1.165) is 18.5 Å². The van der Waals surface area contributed by atoms with Crippen LogP contribution in [0.25, 0.3) is 0 Å². The van der Waals surface area contributed by atoms with E-state index < -0.39 is 0 Å². The number of hydrogen-bond donors (Lipinski definition) is 2. The Kier molecular flexibility index (Phi) is 7.46. The number of unbranched alkanes of at least 4 members (excludes halogenated alkanes) is 2. The molecule has 1 aromatic carbocycles. The third-order valence-corrected chi connectivity index (χ3v) is 3.22. The molecule has 0 bridgehead atoms. The summed E-state index contributed by atoms with van der Waals surface area (Å²) in [6.45, 7) is 3.00. The fraction of sp³-hybridized carbons (Fsp3) is 0.600. The minimum Gasteiger partial charge on any atom is -0.395 e. The van der Waals surface area contributed by atoms with Crippen molar-refractivity contribution in [2.75, 3.05) is 24.7 Å². The number of para-hydroxylation sites is 1. The van der Waals surface area contributed by atoms with Crippen LogP contribution < -0.4 is 4.90 Å². The lowest BCUT2D eigenvalue weighted by Crippen LogP contribution is -2.40. The second-order valence-electron chi connectivity index (χ2n) is 4.58. The van der Waals surface area contributed by atoms with Gasteiger partial charge >= 0.3 is 0 Å². The van der Waals surface area contributed by atoms with Crippen LogP contribution in [0.1, 0.15) is 32.6 Å². The molecule has 0 saturated heterocycles. The van der Waals surface area contributed by atoms with Gasteiger partial charge in [-0.05, 0) is 18.6 Å². The van der Waals surface area contributed by atoms with Gasteiger partial charge in [0.1, 0.15) is 0 Å². The molecule has 102 valence electrons. The Bertz CT molecular complexity index is 303. The monoisotopic (exact) mass is 251 g/mol. The highest BCUT2D eigenvalue weighted by Gasteiger charge is 2.17. The fourth-order valence-electron chi connectivity index (χ4n) is 2.23. The van der Waals surface area contributed by atoms with Crippen LogP contribution >= 0.6 is 0 Å². The third kappa shape index (κ3) is 4.67. The molecule has 0 aliphatic rings. The van der Waals surface area contributed by atoms with E-state index in [2.05, 4.69) is 11.8 Å². The molecule has 3 heteroatoms. The smallest absolute Gasteiger partial charge is 0.0635 e. The molecule has 0 aliphatic heterocycles. The number of rotatable bonds is 9. The van der Waals surface area contributed by atoms with Crippen LogP contribution in [0.2, 0.25) is 0 Å². The number of nitrogens with zero attached hydrogens (tertiary/aromatic N) is 1.